The first-order chi connectivity index (χ1) is 17.3. The number of fused-ring (bicyclic) bond motifs is 2. The van der Waals surface area contributed by atoms with Crippen LogP contribution in [-0.4, -0.2) is 73.2 Å². The Hall–Kier alpha value is -3.20. The highest BCUT2D eigenvalue weighted by atomic mass is 35.5. The number of nitriles is 1. The van der Waals surface area contributed by atoms with Crippen molar-refractivity contribution in [2.24, 2.45) is 17.3 Å². The molecule has 36 heavy (non-hydrogen) atoms. The van der Waals surface area contributed by atoms with Gasteiger partial charge in [0.15, 0.2) is 5.82 Å². The van der Waals surface area contributed by atoms with Gasteiger partial charge in [0, 0.05) is 30.3 Å². The summed E-state index contributed by atoms with van der Waals surface area (Å²) in [6, 6.07) is 6.59. The molecule has 1 amide bonds. The maximum absolute atomic E-state index is 15.3. The summed E-state index contributed by atoms with van der Waals surface area (Å²) < 4.78 is 37.8. The standard InChI is InChI=1S/C24H25ClFN5O5/c1-24(10-34-11-24)12-35-23(32)31-6-15-8-33-9-16(7-31)20(15)36-22-19(26)21(28-13-29-22)30-18-3-2-14(5-27)4-17(18)25/h2-4,13,15-16,20H,6-12H2,1H3,(H,28,29,30). The predicted octanol–water partition coefficient (Wildman–Crippen LogP) is 3.38. The smallest absolute Gasteiger partial charge is 0.409 e. The molecule has 2 atom stereocenters. The van der Waals surface area contributed by atoms with Crippen LogP contribution in [0.2, 0.25) is 5.02 Å². The molecule has 190 valence electrons. The van der Waals surface area contributed by atoms with Crippen molar-refractivity contribution >= 4 is 29.2 Å². The van der Waals surface area contributed by atoms with Crippen LogP contribution in [0.3, 0.4) is 0 Å². The zero-order chi connectivity index (χ0) is 25.3. The molecular weight excluding hydrogens is 493 g/mol. The highest BCUT2D eigenvalue weighted by Gasteiger charge is 2.45. The van der Waals surface area contributed by atoms with Crippen LogP contribution in [0.4, 0.5) is 20.7 Å². The second-order valence-electron chi connectivity index (χ2n) is 9.68. The zero-order valence-corrected chi connectivity index (χ0v) is 20.3. The van der Waals surface area contributed by atoms with Crippen LogP contribution < -0.4 is 10.1 Å². The van der Waals surface area contributed by atoms with E-state index in [2.05, 4.69) is 15.3 Å². The summed E-state index contributed by atoms with van der Waals surface area (Å²) in [5.41, 5.74) is 0.639. The van der Waals surface area contributed by atoms with Gasteiger partial charge < -0.3 is 29.2 Å². The van der Waals surface area contributed by atoms with E-state index in [-0.39, 0.29) is 40.1 Å². The molecule has 5 rings (SSSR count). The van der Waals surface area contributed by atoms with E-state index < -0.39 is 11.9 Å². The number of hydrogen-bond donors (Lipinski definition) is 1. The number of anilines is 2. The fraction of sp³-hybridized carbons (Fsp3) is 0.500. The summed E-state index contributed by atoms with van der Waals surface area (Å²) in [5, 5.41) is 12.1. The van der Waals surface area contributed by atoms with Crippen molar-refractivity contribution < 1.29 is 28.1 Å². The average molecular weight is 518 g/mol. The molecule has 1 aromatic heterocycles. The highest BCUT2D eigenvalue weighted by molar-refractivity contribution is 6.33. The second-order valence-corrected chi connectivity index (χ2v) is 10.1. The van der Waals surface area contributed by atoms with E-state index >= 15 is 4.39 Å². The average Bonchev–Trinajstić information content (AvgIpc) is 2.84. The Balaban J connectivity index is 1.26. The van der Waals surface area contributed by atoms with Gasteiger partial charge in [-0.3, -0.25) is 0 Å². The molecule has 4 heterocycles. The first kappa shape index (κ1) is 24.5. The number of aromatic nitrogens is 2. The third-order valence-corrected chi connectivity index (χ3v) is 6.88. The molecule has 1 N–H and O–H groups in total. The molecule has 3 saturated heterocycles. The number of carbonyl (C=O) groups excluding carboxylic acids is 1. The van der Waals surface area contributed by atoms with E-state index in [1.54, 1.807) is 17.0 Å². The van der Waals surface area contributed by atoms with Crippen LogP contribution in [0.15, 0.2) is 24.5 Å². The van der Waals surface area contributed by atoms with Crippen molar-refractivity contribution in [1.82, 2.24) is 14.9 Å². The first-order valence-corrected chi connectivity index (χ1v) is 11.9. The molecule has 0 saturated carbocycles. The van der Waals surface area contributed by atoms with Crippen LogP contribution in [0.5, 0.6) is 5.88 Å². The lowest BCUT2D eigenvalue weighted by molar-refractivity contribution is -0.135. The summed E-state index contributed by atoms with van der Waals surface area (Å²) in [6.45, 7) is 4.95. The molecule has 2 aromatic rings. The summed E-state index contributed by atoms with van der Waals surface area (Å²) >= 11 is 6.20. The zero-order valence-electron chi connectivity index (χ0n) is 19.6. The fourth-order valence-corrected chi connectivity index (χ4v) is 4.80. The first-order valence-electron chi connectivity index (χ1n) is 11.6. The normalized spacial score (nSPS) is 24.3. The number of hydrogen-bond acceptors (Lipinski definition) is 9. The highest BCUT2D eigenvalue weighted by Crippen LogP contribution is 2.34. The third-order valence-electron chi connectivity index (χ3n) is 6.56. The number of carbonyl (C=O) groups is 1. The molecular formula is C24H25ClFN5O5. The van der Waals surface area contributed by atoms with Gasteiger partial charge in [0.25, 0.3) is 5.88 Å². The molecule has 10 nitrogen and oxygen atoms in total. The molecule has 0 radical (unpaired) electrons. The largest absolute Gasteiger partial charge is 0.471 e. The Morgan fingerprint density at radius 2 is 2.06 bits per heavy atom. The number of nitrogens with one attached hydrogen (secondary N) is 1. The van der Waals surface area contributed by atoms with Crippen molar-refractivity contribution in [3.8, 4) is 11.9 Å². The molecule has 2 unspecified atom stereocenters. The van der Waals surface area contributed by atoms with Crippen molar-refractivity contribution in [1.29, 1.82) is 5.26 Å². The van der Waals surface area contributed by atoms with Crippen molar-refractivity contribution in [3.63, 3.8) is 0 Å². The lowest BCUT2D eigenvalue weighted by Crippen LogP contribution is -2.59. The van der Waals surface area contributed by atoms with Gasteiger partial charge in [-0.1, -0.05) is 18.5 Å². The summed E-state index contributed by atoms with van der Waals surface area (Å²) in [4.78, 5) is 22.3. The van der Waals surface area contributed by atoms with Gasteiger partial charge in [-0.2, -0.15) is 14.6 Å². The molecule has 1 aromatic carbocycles. The fourth-order valence-electron chi connectivity index (χ4n) is 4.57. The van der Waals surface area contributed by atoms with Crippen LogP contribution in [0.1, 0.15) is 12.5 Å². The molecule has 0 spiro atoms. The maximum atomic E-state index is 15.3. The number of piperidine rings is 1. The van der Waals surface area contributed by atoms with Crippen LogP contribution in [0, 0.1) is 34.4 Å². The van der Waals surface area contributed by atoms with Gasteiger partial charge >= 0.3 is 6.09 Å². The second kappa shape index (κ2) is 10.0. The number of rotatable bonds is 6. The molecule has 3 aliphatic heterocycles. The Kier molecular flexibility index (Phi) is 6.83. The molecule has 12 heteroatoms. The van der Waals surface area contributed by atoms with Gasteiger partial charge in [0.1, 0.15) is 19.0 Å². The van der Waals surface area contributed by atoms with E-state index in [1.165, 1.54) is 12.4 Å². The minimum absolute atomic E-state index is 0.109. The minimum Gasteiger partial charge on any atom is -0.471 e. The van der Waals surface area contributed by atoms with Gasteiger partial charge in [0.05, 0.1) is 48.8 Å². The van der Waals surface area contributed by atoms with Crippen LogP contribution in [-0.2, 0) is 14.2 Å². The SMILES string of the molecule is CC1(COC(=O)N2CC3COCC(C2)C3Oc2ncnc(Nc3ccc(C#N)cc3Cl)c2F)COC1. The molecule has 2 bridgehead atoms. The maximum Gasteiger partial charge on any atom is 0.409 e. The summed E-state index contributed by atoms with van der Waals surface area (Å²) in [5.74, 6) is -1.43. The van der Waals surface area contributed by atoms with Crippen LogP contribution >= 0.6 is 11.6 Å². The lowest BCUT2D eigenvalue weighted by atomic mass is 9.84. The third kappa shape index (κ3) is 5.02. The molecule has 3 aliphatic rings. The van der Waals surface area contributed by atoms with Gasteiger partial charge in [-0.15, -0.1) is 0 Å². The number of benzene rings is 1. The van der Waals surface area contributed by atoms with Gasteiger partial charge in [0.2, 0.25) is 5.82 Å². The minimum atomic E-state index is -0.769. The topological polar surface area (TPSA) is 119 Å². The lowest BCUT2D eigenvalue weighted by Gasteiger charge is -2.46. The number of ether oxygens (including phenoxy) is 4. The Bertz CT molecular complexity index is 1180. The summed E-state index contributed by atoms with van der Waals surface area (Å²) in [7, 11) is 0. The van der Waals surface area contributed by atoms with Crippen molar-refractivity contribution in [2.45, 2.75) is 13.0 Å². The Morgan fingerprint density at radius 3 is 2.69 bits per heavy atom. The molecule has 0 aliphatic carbocycles. The monoisotopic (exact) mass is 517 g/mol. The van der Waals surface area contributed by atoms with Crippen molar-refractivity contribution in [2.75, 3.05) is 51.4 Å². The predicted molar refractivity (Wildman–Crippen MR) is 126 cm³/mol. The Labute approximate surface area is 212 Å². The summed E-state index contributed by atoms with van der Waals surface area (Å²) in [6.07, 6.45) is 0.426. The van der Waals surface area contributed by atoms with E-state index in [0.29, 0.717) is 57.4 Å². The van der Waals surface area contributed by atoms with E-state index in [0.717, 1.165) is 0 Å². The van der Waals surface area contributed by atoms with E-state index in [4.69, 9.17) is 35.8 Å². The Morgan fingerprint density at radius 1 is 1.31 bits per heavy atom. The van der Waals surface area contributed by atoms with Crippen molar-refractivity contribution in [3.05, 3.63) is 40.9 Å². The number of halogens is 2. The van der Waals surface area contributed by atoms with Gasteiger partial charge in [-0.25, -0.2) is 9.78 Å². The number of nitrogens with zero attached hydrogens (tertiary/aromatic N) is 4. The van der Waals surface area contributed by atoms with E-state index in [9.17, 15) is 4.79 Å². The van der Waals surface area contributed by atoms with Gasteiger partial charge in [-0.05, 0) is 18.2 Å². The number of likely N-dealkylation sites (tertiary alicyclic amines) is 1. The van der Waals surface area contributed by atoms with Crippen LogP contribution in [0.25, 0.3) is 0 Å². The quantitative estimate of drug-likeness (QED) is 0.615. The number of amides is 1. The molecule has 3 fully saturated rings. The van der Waals surface area contributed by atoms with E-state index in [1.807, 2.05) is 13.0 Å².